The van der Waals surface area contributed by atoms with E-state index in [1.807, 2.05) is 0 Å². The summed E-state index contributed by atoms with van der Waals surface area (Å²) < 4.78 is 1.17. The summed E-state index contributed by atoms with van der Waals surface area (Å²) in [6.07, 6.45) is 2.38. The molecule has 0 aromatic heterocycles. The minimum Gasteiger partial charge on any atom is -0.396 e. The Balaban J connectivity index is 1.97. The zero-order valence-corrected chi connectivity index (χ0v) is 11.9. The molecular weight excluding hydrogens is 278 g/mol. The van der Waals surface area contributed by atoms with E-state index in [9.17, 15) is 5.11 Å². The molecule has 1 aliphatic heterocycles. The van der Waals surface area contributed by atoms with Crippen LogP contribution in [0.5, 0.6) is 0 Å². The van der Waals surface area contributed by atoms with Gasteiger partial charge in [-0.15, -0.1) is 0 Å². The summed E-state index contributed by atoms with van der Waals surface area (Å²) in [5.41, 5.74) is 2.66. The fourth-order valence-electron chi connectivity index (χ4n) is 2.51. The molecular formula is C14H20BrNO. The third kappa shape index (κ3) is 3.54. The van der Waals surface area contributed by atoms with Gasteiger partial charge < -0.3 is 5.11 Å². The van der Waals surface area contributed by atoms with Crippen LogP contribution in [0.25, 0.3) is 0 Å². The summed E-state index contributed by atoms with van der Waals surface area (Å²) in [6.45, 7) is 5.65. The quantitative estimate of drug-likeness (QED) is 0.927. The molecule has 1 aromatic rings. The second-order valence-corrected chi connectivity index (χ2v) is 5.86. The Kier molecular flexibility index (Phi) is 4.60. The van der Waals surface area contributed by atoms with Gasteiger partial charge in [0.2, 0.25) is 0 Å². The van der Waals surface area contributed by atoms with Crippen molar-refractivity contribution in [3.63, 3.8) is 0 Å². The van der Waals surface area contributed by atoms with Crippen molar-refractivity contribution in [1.29, 1.82) is 0 Å². The summed E-state index contributed by atoms with van der Waals surface area (Å²) in [4.78, 5) is 2.45. The number of likely N-dealkylation sites (tertiary alicyclic amines) is 1. The maximum atomic E-state index is 9.22. The minimum absolute atomic E-state index is 0.329. The molecule has 0 amide bonds. The average Bonchev–Trinajstić information content (AvgIpc) is 2.34. The number of aliphatic hydroxyl groups excluding tert-OH is 1. The van der Waals surface area contributed by atoms with Crippen LogP contribution in [0.1, 0.15) is 24.0 Å². The Morgan fingerprint density at radius 2 is 2.29 bits per heavy atom. The van der Waals surface area contributed by atoms with Crippen LogP contribution in [0.4, 0.5) is 0 Å². The molecule has 3 heteroatoms. The first-order valence-corrected chi connectivity index (χ1v) is 7.06. The van der Waals surface area contributed by atoms with Crippen molar-refractivity contribution in [1.82, 2.24) is 4.90 Å². The molecule has 1 unspecified atom stereocenters. The summed E-state index contributed by atoms with van der Waals surface area (Å²) in [7, 11) is 0. The molecule has 1 N–H and O–H groups in total. The predicted molar refractivity (Wildman–Crippen MR) is 74.0 cm³/mol. The fraction of sp³-hybridized carbons (Fsp3) is 0.571. The lowest BCUT2D eigenvalue weighted by molar-refractivity contribution is 0.116. The van der Waals surface area contributed by atoms with Crippen LogP contribution in [-0.4, -0.2) is 29.7 Å². The van der Waals surface area contributed by atoms with Crippen molar-refractivity contribution in [2.75, 3.05) is 19.7 Å². The average molecular weight is 298 g/mol. The number of benzene rings is 1. The van der Waals surface area contributed by atoms with E-state index < -0.39 is 0 Å². The number of hydrogen-bond acceptors (Lipinski definition) is 2. The van der Waals surface area contributed by atoms with E-state index in [1.54, 1.807) is 0 Å². The molecule has 2 nitrogen and oxygen atoms in total. The Bertz CT molecular complexity index is 380. The molecule has 1 saturated heterocycles. The van der Waals surface area contributed by atoms with Gasteiger partial charge in [-0.3, -0.25) is 4.90 Å². The van der Waals surface area contributed by atoms with Crippen LogP contribution >= 0.6 is 15.9 Å². The molecule has 1 fully saturated rings. The van der Waals surface area contributed by atoms with Crippen LogP contribution in [-0.2, 0) is 6.54 Å². The molecule has 1 heterocycles. The lowest BCUT2D eigenvalue weighted by Gasteiger charge is -2.31. The second-order valence-electron chi connectivity index (χ2n) is 5.01. The lowest BCUT2D eigenvalue weighted by atomic mass is 9.98. The zero-order valence-electron chi connectivity index (χ0n) is 10.3. The summed E-state index contributed by atoms with van der Waals surface area (Å²) in [5.74, 6) is 0.472. The van der Waals surface area contributed by atoms with Gasteiger partial charge in [-0.1, -0.05) is 28.1 Å². The van der Waals surface area contributed by atoms with Gasteiger partial charge in [0, 0.05) is 24.2 Å². The zero-order chi connectivity index (χ0) is 12.3. The minimum atomic E-state index is 0.329. The highest BCUT2D eigenvalue weighted by molar-refractivity contribution is 9.10. The topological polar surface area (TPSA) is 23.5 Å². The molecule has 0 radical (unpaired) electrons. The van der Waals surface area contributed by atoms with Crippen molar-refractivity contribution in [2.24, 2.45) is 5.92 Å². The van der Waals surface area contributed by atoms with Crippen LogP contribution in [0.3, 0.4) is 0 Å². The summed E-state index contributed by atoms with van der Waals surface area (Å²) in [5, 5.41) is 9.22. The normalized spacial score (nSPS) is 21.7. The van der Waals surface area contributed by atoms with Crippen LogP contribution in [0, 0.1) is 12.8 Å². The number of halogens is 1. The number of aryl methyl sites for hydroxylation is 1. The van der Waals surface area contributed by atoms with Gasteiger partial charge in [-0.05, 0) is 49.4 Å². The smallest absolute Gasteiger partial charge is 0.0471 e. The molecule has 0 spiro atoms. The Labute approximate surface area is 112 Å². The SMILES string of the molecule is Cc1cc(CN2CCCC(CO)C2)ccc1Br. The molecule has 1 aliphatic rings. The highest BCUT2D eigenvalue weighted by atomic mass is 79.9. The highest BCUT2D eigenvalue weighted by Gasteiger charge is 2.19. The highest BCUT2D eigenvalue weighted by Crippen LogP contribution is 2.21. The van der Waals surface area contributed by atoms with Crippen molar-refractivity contribution in [2.45, 2.75) is 26.3 Å². The van der Waals surface area contributed by atoms with E-state index in [4.69, 9.17) is 0 Å². The molecule has 2 rings (SSSR count). The largest absolute Gasteiger partial charge is 0.396 e. The van der Waals surface area contributed by atoms with Crippen molar-refractivity contribution >= 4 is 15.9 Å². The van der Waals surface area contributed by atoms with Gasteiger partial charge in [0.15, 0.2) is 0 Å². The number of rotatable bonds is 3. The number of aliphatic hydroxyl groups is 1. The molecule has 0 bridgehead atoms. The lowest BCUT2D eigenvalue weighted by Crippen LogP contribution is -2.36. The van der Waals surface area contributed by atoms with Crippen molar-refractivity contribution in [3.05, 3.63) is 33.8 Å². The van der Waals surface area contributed by atoms with Gasteiger partial charge >= 0.3 is 0 Å². The number of piperidine rings is 1. The van der Waals surface area contributed by atoms with Gasteiger partial charge in [0.25, 0.3) is 0 Å². The van der Waals surface area contributed by atoms with E-state index in [2.05, 4.69) is 46.0 Å². The molecule has 17 heavy (non-hydrogen) atoms. The van der Waals surface area contributed by atoms with Gasteiger partial charge in [-0.25, -0.2) is 0 Å². The van der Waals surface area contributed by atoms with Crippen molar-refractivity contribution in [3.8, 4) is 0 Å². The molecule has 0 saturated carbocycles. The monoisotopic (exact) mass is 297 g/mol. The fourth-order valence-corrected chi connectivity index (χ4v) is 2.75. The maximum Gasteiger partial charge on any atom is 0.0471 e. The van der Waals surface area contributed by atoms with Crippen LogP contribution < -0.4 is 0 Å². The van der Waals surface area contributed by atoms with Crippen molar-refractivity contribution < 1.29 is 5.11 Å². The molecule has 94 valence electrons. The first kappa shape index (κ1) is 13.1. The standard InChI is InChI=1S/C14H20BrNO/c1-11-7-12(4-5-14(11)15)8-16-6-2-3-13(9-16)10-17/h4-5,7,13,17H,2-3,6,8-10H2,1H3. The Hall–Kier alpha value is -0.380. The molecule has 1 aromatic carbocycles. The Morgan fingerprint density at radius 1 is 1.47 bits per heavy atom. The van der Waals surface area contributed by atoms with Gasteiger partial charge in [-0.2, -0.15) is 0 Å². The first-order chi connectivity index (χ1) is 8.19. The third-order valence-corrected chi connectivity index (χ3v) is 4.38. The van der Waals surface area contributed by atoms with Gasteiger partial charge in [0.1, 0.15) is 0 Å². The number of hydrogen-bond donors (Lipinski definition) is 1. The van der Waals surface area contributed by atoms with E-state index in [-0.39, 0.29) is 0 Å². The predicted octanol–water partition coefficient (Wildman–Crippen LogP) is 2.96. The Morgan fingerprint density at radius 3 is 3.00 bits per heavy atom. The van der Waals surface area contributed by atoms with E-state index in [0.717, 1.165) is 19.6 Å². The van der Waals surface area contributed by atoms with Gasteiger partial charge in [0.05, 0.1) is 0 Å². The first-order valence-electron chi connectivity index (χ1n) is 6.27. The third-order valence-electron chi connectivity index (χ3n) is 3.49. The summed E-state index contributed by atoms with van der Waals surface area (Å²) >= 11 is 3.53. The molecule has 0 aliphatic carbocycles. The molecule has 1 atom stereocenters. The second kappa shape index (κ2) is 5.98. The maximum absolute atomic E-state index is 9.22. The van der Waals surface area contributed by atoms with E-state index in [1.165, 1.54) is 28.4 Å². The number of nitrogens with zero attached hydrogens (tertiary/aromatic N) is 1. The van der Waals surface area contributed by atoms with Crippen LogP contribution in [0.2, 0.25) is 0 Å². The summed E-state index contributed by atoms with van der Waals surface area (Å²) in [6, 6.07) is 6.55. The van der Waals surface area contributed by atoms with Crippen LogP contribution in [0.15, 0.2) is 22.7 Å². The van der Waals surface area contributed by atoms with E-state index >= 15 is 0 Å². The van der Waals surface area contributed by atoms with E-state index in [0.29, 0.717) is 12.5 Å².